The van der Waals surface area contributed by atoms with E-state index in [-0.39, 0.29) is 42.5 Å². The number of benzene rings is 1. The number of guanidine groups is 1. The quantitative estimate of drug-likeness (QED) is 0.314. The van der Waals surface area contributed by atoms with E-state index < -0.39 is 0 Å². The highest BCUT2D eigenvalue weighted by Crippen LogP contribution is 2.18. The van der Waals surface area contributed by atoms with Gasteiger partial charge in [-0.05, 0) is 37.7 Å². The number of carbonyl (C=O) groups excluding carboxylic acids is 1. The summed E-state index contributed by atoms with van der Waals surface area (Å²) in [5.74, 6) is 1.40. The average molecular weight is 543 g/mol. The number of hydrogen-bond donors (Lipinski definition) is 2. The van der Waals surface area contributed by atoms with E-state index in [9.17, 15) is 4.79 Å². The summed E-state index contributed by atoms with van der Waals surface area (Å²) < 4.78 is 5.51. The number of hydrogen-bond acceptors (Lipinski definition) is 4. The zero-order valence-corrected chi connectivity index (χ0v) is 21.4. The summed E-state index contributed by atoms with van der Waals surface area (Å²) in [6.07, 6.45) is 3.35. The van der Waals surface area contributed by atoms with Crippen LogP contribution in [-0.4, -0.2) is 81.2 Å². The molecule has 3 rings (SSSR count). The Morgan fingerprint density at radius 1 is 1.23 bits per heavy atom. The molecule has 0 aliphatic carbocycles. The van der Waals surface area contributed by atoms with Gasteiger partial charge in [-0.3, -0.25) is 4.79 Å². The topological polar surface area (TPSA) is 69.2 Å². The Bertz CT molecular complexity index is 686. The summed E-state index contributed by atoms with van der Waals surface area (Å²) in [6.45, 7) is 7.42. The van der Waals surface area contributed by atoms with E-state index in [4.69, 9.17) is 4.74 Å². The van der Waals surface area contributed by atoms with Crippen LogP contribution in [0.4, 0.5) is 0 Å². The van der Waals surface area contributed by atoms with Crippen LogP contribution in [0.5, 0.6) is 0 Å². The fourth-order valence-electron chi connectivity index (χ4n) is 4.00. The molecule has 174 valence electrons. The van der Waals surface area contributed by atoms with E-state index in [0.29, 0.717) is 17.9 Å². The SMILES string of the molecule is CC(NC(=NCC(=O)N(C)C)NC1CCN(CC2CCOC2)CC1)c1ccccc1.I. The van der Waals surface area contributed by atoms with Crippen LogP contribution < -0.4 is 10.6 Å². The summed E-state index contributed by atoms with van der Waals surface area (Å²) in [5, 5.41) is 7.06. The van der Waals surface area contributed by atoms with Crippen molar-refractivity contribution >= 4 is 35.8 Å². The minimum atomic E-state index is -0.00272. The van der Waals surface area contributed by atoms with Gasteiger partial charge in [0.05, 0.1) is 12.6 Å². The molecule has 0 spiro atoms. The van der Waals surface area contributed by atoms with Crippen LogP contribution in [0.25, 0.3) is 0 Å². The van der Waals surface area contributed by atoms with Crippen LogP contribution in [0.3, 0.4) is 0 Å². The third-order valence-electron chi connectivity index (χ3n) is 5.99. The maximum absolute atomic E-state index is 12.0. The van der Waals surface area contributed by atoms with Gasteiger partial charge in [0.25, 0.3) is 0 Å². The molecule has 7 nitrogen and oxygen atoms in total. The molecule has 2 fully saturated rings. The highest BCUT2D eigenvalue weighted by Gasteiger charge is 2.24. The average Bonchev–Trinajstić information content (AvgIpc) is 3.26. The molecule has 2 atom stereocenters. The first-order valence-corrected chi connectivity index (χ1v) is 11.1. The van der Waals surface area contributed by atoms with E-state index in [2.05, 4.69) is 39.6 Å². The Morgan fingerprint density at radius 2 is 1.94 bits per heavy atom. The molecule has 31 heavy (non-hydrogen) atoms. The number of ether oxygens (including phenoxy) is 1. The molecular weight excluding hydrogens is 505 g/mol. The lowest BCUT2D eigenvalue weighted by atomic mass is 10.0. The van der Waals surface area contributed by atoms with Gasteiger partial charge in [0, 0.05) is 46.4 Å². The van der Waals surface area contributed by atoms with E-state index in [1.54, 1.807) is 19.0 Å². The summed E-state index contributed by atoms with van der Waals surface area (Å²) >= 11 is 0. The van der Waals surface area contributed by atoms with E-state index in [1.165, 1.54) is 12.0 Å². The van der Waals surface area contributed by atoms with Gasteiger partial charge < -0.3 is 25.2 Å². The number of amides is 1. The molecule has 1 aromatic rings. The lowest BCUT2D eigenvalue weighted by Gasteiger charge is -2.34. The zero-order valence-electron chi connectivity index (χ0n) is 19.0. The predicted octanol–water partition coefficient (Wildman–Crippen LogP) is 2.49. The van der Waals surface area contributed by atoms with Gasteiger partial charge in [0.2, 0.25) is 5.91 Å². The fourth-order valence-corrected chi connectivity index (χ4v) is 4.00. The summed E-state index contributed by atoms with van der Waals surface area (Å²) in [4.78, 5) is 20.8. The van der Waals surface area contributed by atoms with Crippen molar-refractivity contribution in [1.29, 1.82) is 0 Å². The van der Waals surface area contributed by atoms with Gasteiger partial charge >= 0.3 is 0 Å². The molecule has 2 aliphatic rings. The Hall–Kier alpha value is -1.39. The second-order valence-electron chi connectivity index (χ2n) is 8.68. The molecule has 0 aromatic heterocycles. The van der Waals surface area contributed by atoms with Crippen molar-refractivity contribution in [3.63, 3.8) is 0 Å². The molecule has 2 aliphatic heterocycles. The van der Waals surface area contributed by atoms with Crippen molar-refractivity contribution in [2.24, 2.45) is 10.9 Å². The van der Waals surface area contributed by atoms with Gasteiger partial charge in [0.1, 0.15) is 6.54 Å². The van der Waals surface area contributed by atoms with E-state index in [1.807, 2.05) is 18.2 Å². The number of likely N-dealkylation sites (N-methyl/N-ethyl adjacent to an activating group) is 1. The first-order chi connectivity index (χ1) is 14.5. The Morgan fingerprint density at radius 3 is 2.55 bits per heavy atom. The van der Waals surface area contributed by atoms with Crippen molar-refractivity contribution in [3.05, 3.63) is 35.9 Å². The number of rotatable bonds is 7. The summed E-state index contributed by atoms with van der Waals surface area (Å²) in [7, 11) is 3.52. The van der Waals surface area contributed by atoms with Crippen LogP contribution in [0, 0.1) is 5.92 Å². The predicted molar refractivity (Wildman–Crippen MR) is 136 cm³/mol. The van der Waals surface area contributed by atoms with Crippen molar-refractivity contribution in [2.45, 2.75) is 38.3 Å². The Balaban J connectivity index is 0.00000341. The standard InChI is InChI=1S/C23H37N5O2.HI/c1-18(20-7-5-4-6-8-20)25-23(24-15-22(29)27(2)3)26-21-9-12-28(13-10-21)16-19-11-14-30-17-19;/h4-8,18-19,21H,9-17H2,1-3H3,(H2,24,25,26);1H. The number of likely N-dealkylation sites (tertiary alicyclic amines) is 1. The second kappa shape index (κ2) is 13.2. The number of nitrogens with one attached hydrogen (secondary N) is 2. The lowest BCUT2D eigenvalue weighted by Crippen LogP contribution is -2.50. The molecule has 2 unspecified atom stereocenters. The van der Waals surface area contributed by atoms with Gasteiger partial charge in [-0.25, -0.2) is 4.99 Å². The first kappa shape index (κ1) is 25.9. The van der Waals surface area contributed by atoms with Crippen LogP contribution in [0.2, 0.25) is 0 Å². The van der Waals surface area contributed by atoms with Gasteiger partial charge in [-0.15, -0.1) is 24.0 Å². The Labute approximate surface area is 204 Å². The third-order valence-corrected chi connectivity index (χ3v) is 5.99. The number of carbonyl (C=O) groups is 1. The number of piperidine rings is 1. The maximum Gasteiger partial charge on any atom is 0.243 e. The monoisotopic (exact) mass is 543 g/mol. The molecule has 1 aromatic carbocycles. The van der Waals surface area contributed by atoms with Crippen LogP contribution in [-0.2, 0) is 9.53 Å². The third kappa shape index (κ3) is 8.57. The largest absolute Gasteiger partial charge is 0.381 e. The van der Waals surface area contributed by atoms with Crippen LogP contribution in [0.1, 0.15) is 37.8 Å². The van der Waals surface area contributed by atoms with Crippen molar-refractivity contribution in [1.82, 2.24) is 20.4 Å². The minimum Gasteiger partial charge on any atom is -0.381 e. The molecule has 8 heteroatoms. The second-order valence-corrected chi connectivity index (χ2v) is 8.68. The molecule has 2 N–H and O–H groups in total. The van der Waals surface area contributed by atoms with Gasteiger partial charge in [0.15, 0.2) is 5.96 Å². The molecule has 2 saturated heterocycles. The maximum atomic E-state index is 12.0. The smallest absolute Gasteiger partial charge is 0.243 e. The normalized spacial score (nSPS) is 21.3. The van der Waals surface area contributed by atoms with Crippen molar-refractivity contribution in [2.75, 3.05) is 53.5 Å². The highest BCUT2D eigenvalue weighted by atomic mass is 127. The van der Waals surface area contributed by atoms with Crippen LogP contribution in [0.15, 0.2) is 35.3 Å². The first-order valence-electron chi connectivity index (χ1n) is 11.1. The Kier molecular flexibility index (Phi) is 11.0. The molecule has 2 heterocycles. The fraction of sp³-hybridized carbons (Fsp3) is 0.652. The number of halogens is 1. The van der Waals surface area contributed by atoms with Crippen LogP contribution >= 0.6 is 24.0 Å². The van der Waals surface area contributed by atoms with Gasteiger partial charge in [-0.1, -0.05) is 30.3 Å². The molecule has 0 saturated carbocycles. The molecular formula is C23H38IN5O2. The zero-order chi connectivity index (χ0) is 21.3. The van der Waals surface area contributed by atoms with Crippen molar-refractivity contribution in [3.8, 4) is 0 Å². The van der Waals surface area contributed by atoms with Crippen molar-refractivity contribution < 1.29 is 9.53 Å². The minimum absolute atomic E-state index is 0. The molecule has 0 radical (unpaired) electrons. The number of nitrogens with zero attached hydrogens (tertiary/aromatic N) is 3. The highest BCUT2D eigenvalue weighted by molar-refractivity contribution is 14.0. The number of aliphatic imine (C=N–C) groups is 1. The molecule has 0 bridgehead atoms. The van der Waals surface area contributed by atoms with E-state index >= 15 is 0 Å². The molecule has 1 amide bonds. The summed E-state index contributed by atoms with van der Waals surface area (Å²) in [5.41, 5.74) is 1.19. The summed E-state index contributed by atoms with van der Waals surface area (Å²) in [6, 6.07) is 10.8. The lowest BCUT2D eigenvalue weighted by molar-refractivity contribution is -0.127. The van der Waals surface area contributed by atoms with Gasteiger partial charge in [-0.2, -0.15) is 0 Å². The van der Waals surface area contributed by atoms with E-state index in [0.717, 1.165) is 45.7 Å².